The number of hydrogen-bond acceptors (Lipinski definition) is 6. The number of amides is 1. The van der Waals surface area contributed by atoms with Crippen LogP contribution in [0.1, 0.15) is 32.9 Å². The summed E-state index contributed by atoms with van der Waals surface area (Å²) in [5.74, 6) is 1.03. The van der Waals surface area contributed by atoms with Gasteiger partial charge in [0.1, 0.15) is 12.4 Å². The van der Waals surface area contributed by atoms with Crippen LogP contribution in [0.5, 0.6) is 5.75 Å². The average molecular weight is 518 g/mol. The second-order valence-corrected chi connectivity index (χ2v) is 10.3. The molecule has 2 aliphatic rings. The van der Waals surface area contributed by atoms with Crippen LogP contribution in [0.2, 0.25) is 0 Å². The van der Waals surface area contributed by atoms with Crippen molar-refractivity contribution in [1.82, 2.24) is 24.5 Å². The van der Waals surface area contributed by atoms with Gasteiger partial charge in [0, 0.05) is 63.6 Å². The first-order valence-electron chi connectivity index (χ1n) is 13.7. The molecule has 2 aliphatic heterocycles. The molecule has 202 valence electrons. The smallest absolute Gasteiger partial charge is 0.253 e. The summed E-state index contributed by atoms with van der Waals surface area (Å²) >= 11 is 0. The van der Waals surface area contributed by atoms with Gasteiger partial charge in [0.15, 0.2) is 0 Å². The number of benzene rings is 2. The minimum Gasteiger partial charge on any atom is -0.492 e. The Labute approximate surface area is 225 Å². The first-order chi connectivity index (χ1) is 18.5. The topological polar surface area (TPSA) is 63.1 Å². The van der Waals surface area contributed by atoms with Gasteiger partial charge < -0.3 is 14.4 Å². The number of morpholine rings is 1. The molecule has 0 unspecified atom stereocenters. The lowest BCUT2D eigenvalue weighted by molar-refractivity contribution is 0.0341. The molecular weight excluding hydrogens is 478 g/mol. The van der Waals surface area contributed by atoms with Crippen LogP contribution in [-0.2, 0) is 17.8 Å². The molecule has 0 atom stereocenters. The third-order valence-electron chi connectivity index (χ3n) is 7.38. The van der Waals surface area contributed by atoms with E-state index < -0.39 is 0 Å². The van der Waals surface area contributed by atoms with E-state index in [0.717, 1.165) is 93.8 Å². The number of piperazine rings is 1. The zero-order chi connectivity index (χ0) is 26.3. The fraction of sp³-hybridized carbons (Fsp3) is 0.467. The van der Waals surface area contributed by atoms with Gasteiger partial charge in [-0.2, -0.15) is 5.10 Å². The summed E-state index contributed by atoms with van der Waals surface area (Å²) in [7, 11) is 0. The maximum absolute atomic E-state index is 13.1. The minimum absolute atomic E-state index is 0.107. The van der Waals surface area contributed by atoms with Crippen LogP contribution in [0.3, 0.4) is 0 Å². The Bertz CT molecular complexity index is 1190. The monoisotopic (exact) mass is 517 g/mol. The molecule has 8 nitrogen and oxygen atoms in total. The zero-order valence-electron chi connectivity index (χ0n) is 22.6. The average Bonchev–Trinajstić information content (AvgIpc) is 3.26. The number of carbonyl (C=O) groups excluding carboxylic acids is 1. The standard InChI is InChI=1S/C30H39N5O3/c1-24-20-25(2)35(31-24)23-26-6-8-28(9-7-26)30(36)34-12-10-32(11-13-34)16-19-38-29-5-3-4-27(21-29)22-33-14-17-37-18-15-33/h3-9,20-21H,10-19,22-23H2,1-2H3. The van der Waals surface area contributed by atoms with Crippen molar-refractivity contribution in [2.75, 3.05) is 65.6 Å². The van der Waals surface area contributed by atoms with E-state index in [2.05, 4.69) is 46.1 Å². The van der Waals surface area contributed by atoms with Gasteiger partial charge in [-0.15, -0.1) is 0 Å². The molecule has 1 aromatic heterocycles. The first kappa shape index (κ1) is 26.4. The minimum atomic E-state index is 0.107. The maximum Gasteiger partial charge on any atom is 0.253 e. The van der Waals surface area contributed by atoms with Gasteiger partial charge in [-0.1, -0.05) is 24.3 Å². The normalized spacial score (nSPS) is 17.1. The highest BCUT2D eigenvalue weighted by Gasteiger charge is 2.22. The number of carbonyl (C=O) groups is 1. The van der Waals surface area contributed by atoms with Crippen LogP contribution >= 0.6 is 0 Å². The third-order valence-corrected chi connectivity index (χ3v) is 7.38. The van der Waals surface area contributed by atoms with Crippen LogP contribution in [0.4, 0.5) is 0 Å². The van der Waals surface area contributed by atoms with Gasteiger partial charge in [-0.3, -0.25) is 19.3 Å². The first-order valence-corrected chi connectivity index (χ1v) is 13.7. The molecule has 38 heavy (non-hydrogen) atoms. The second-order valence-electron chi connectivity index (χ2n) is 10.3. The maximum atomic E-state index is 13.1. The lowest BCUT2D eigenvalue weighted by Crippen LogP contribution is -2.49. The highest BCUT2D eigenvalue weighted by atomic mass is 16.5. The number of rotatable bonds is 9. The van der Waals surface area contributed by atoms with Crippen LogP contribution in [-0.4, -0.2) is 96.0 Å². The Balaban J connectivity index is 1.04. The van der Waals surface area contributed by atoms with Crippen LogP contribution in [0.15, 0.2) is 54.6 Å². The summed E-state index contributed by atoms with van der Waals surface area (Å²) in [5.41, 5.74) is 5.33. The number of aromatic nitrogens is 2. The molecule has 1 amide bonds. The van der Waals surface area contributed by atoms with Crippen molar-refractivity contribution in [3.8, 4) is 5.75 Å². The van der Waals surface area contributed by atoms with E-state index in [-0.39, 0.29) is 5.91 Å². The van der Waals surface area contributed by atoms with E-state index in [1.54, 1.807) is 0 Å². The molecule has 2 aromatic carbocycles. The molecule has 8 heteroatoms. The van der Waals surface area contributed by atoms with Gasteiger partial charge in [-0.05, 0) is 55.3 Å². The van der Waals surface area contributed by atoms with Crippen LogP contribution in [0.25, 0.3) is 0 Å². The second kappa shape index (κ2) is 12.6. The quantitative estimate of drug-likeness (QED) is 0.434. The van der Waals surface area contributed by atoms with Crippen molar-refractivity contribution < 1.29 is 14.3 Å². The molecule has 5 rings (SSSR count). The molecular formula is C30H39N5O3. The lowest BCUT2D eigenvalue weighted by Gasteiger charge is -2.34. The molecule has 0 saturated carbocycles. The highest BCUT2D eigenvalue weighted by Crippen LogP contribution is 2.17. The summed E-state index contributed by atoms with van der Waals surface area (Å²) < 4.78 is 13.5. The van der Waals surface area contributed by atoms with Crippen molar-refractivity contribution in [3.63, 3.8) is 0 Å². The number of aryl methyl sites for hydroxylation is 2. The van der Waals surface area contributed by atoms with Crippen LogP contribution in [0, 0.1) is 13.8 Å². The molecule has 2 fully saturated rings. The van der Waals surface area contributed by atoms with Gasteiger partial charge in [-0.25, -0.2) is 0 Å². The molecule has 2 saturated heterocycles. The Morgan fingerprint density at radius 1 is 0.868 bits per heavy atom. The fourth-order valence-electron chi connectivity index (χ4n) is 5.16. The Morgan fingerprint density at radius 2 is 1.63 bits per heavy atom. The summed E-state index contributed by atoms with van der Waals surface area (Å²) in [6.45, 7) is 14.0. The molecule has 3 aromatic rings. The van der Waals surface area contributed by atoms with Gasteiger partial charge in [0.2, 0.25) is 0 Å². The van der Waals surface area contributed by atoms with Crippen molar-refractivity contribution in [2.45, 2.75) is 26.9 Å². The molecule has 0 N–H and O–H groups in total. The Kier molecular flexibility index (Phi) is 8.73. The largest absolute Gasteiger partial charge is 0.492 e. The molecule has 0 radical (unpaired) electrons. The summed E-state index contributed by atoms with van der Waals surface area (Å²) in [6, 6.07) is 18.4. The summed E-state index contributed by atoms with van der Waals surface area (Å²) in [5, 5.41) is 4.53. The lowest BCUT2D eigenvalue weighted by atomic mass is 10.1. The van der Waals surface area contributed by atoms with Crippen molar-refractivity contribution >= 4 is 5.91 Å². The van der Waals surface area contributed by atoms with E-state index >= 15 is 0 Å². The predicted molar refractivity (Wildman–Crippen MR) is 148 cm³/mol. The number of hydrogen-bond donors (Lipinski definition) is 0. The summed E-state index contributed by atoms with van der Waals surface area (Å²) in [4.78, 5) is 19.8. The molecule has 0 aliphatic carbocycles. The fourth-order valence-corrected chi connectivity index (χ4v) is 5.16. The van der Waals surface area contributed by atoms with E-state index in [9.17, 15) is 4.79 Å². The summed E-state index contributed by atoms with van der Waals surface area (Å²) in [6.07, 6.45) is 0. The predicted octanol–water partition coefficient (Wildman–Crippen LogP) is 3.22. The van der Waals surface area contributed by atoms with Gasteiger partial charge >= 0.3 is 0 Å². The SMILES string of the molecule is Cc1cc(C)n(Cc2ccc(C(=O)N3CCN(CCOc4cccc(CN5CCOCC5)c4)CC3)cc2)n1. The number of nitrogens with zero attached hydrogens (tertiary/aromatic N) is 5. The van der Waals surface area contributed by atoms with Crippen LogP contribution < -0.4 is 4.74 Å². The highest BCUT2D eigenvalue weighted by molar-refractivity contribution is 5.94. The van der Waals surface area contributed by atoms with E-state index in [1.165, 1.54) is 5.56 Å². The molecule has 0 bridgehead atoms. The van der Waals surface area contributed by atoms with E-state index in [4.69, 9.17) is 9.47 Å². The van der Waals surface area contributed by atoms with Crippen molar-refractivity contribution in [3.05, 3.63) is 82.7 Å². The van der Waals surface area contributed by atoms with Gasteiger partial charge in [0.05, 0.1) is 25.5 Å². The number of ether oxygens (including phenoxy) is 2. The van der Waals surface area contributed by atoms with E-state index in [1.807, 2.05) is 46.8 Å². The molecule has 3 heterocycles. The molecule has 0 spiro atoms. The Hall–Kier alpha value is -3.20. The van der Waals surface area contributed by atoms with E-state index in [0.29, 0.717) is 13.2 Å². The third kappa shape index (κ3) is 7.01. The van der Waals surface area contributed by atoms with Gasteiger partial charge in [0.25, 0.3) is 5.91 Å². The van der Waals surface area contributed by atoms with Crippen molar-refractivity contribution in [2.24, 2.45) is 0 Å². The van der Waals surface area contributed by atoms with Crippen molar-refractivity contribution in [1.29, 1.82) is 0 Å². The zero-order valence-corrected chi connectivity index (χ0v) is 22.6. The Morgan fingerprint density at radius 3 is 2.34 bits per heavy atom.